The molecule has 2 aromatic rings. The largest absolute Gasteiger partial charge is 0.345 e. The number of nitrogens with zero attached hydrogens (tertiary/aromatic N) is 4. The molecule has 0 unspecified atom stereocenters. The van der Waals surface area contributed by atoms with Crippen molar-refractivity contribution < 1.29 is 0 Å². The molecule has 1 aromatic carbocycles. The Kier molecular flexibility index (Phi) is 3.22. The lowest BCUT2D eigenvalue weighted by Gasteiger charge is -2.27. The normalized spacial score (nSPS) is 15.3. The van der Waals surface area contributed by atoms with E-state index in [1.165, 1.54) is 21.4 Å². The maximum absolute atomic E-state index is 11.8. The van der Waals surface area contributed by atoms with Crippen LogP contribution < -0.4 is 5.69 Å². The van der Waals surface area contributed by atoms with Crippen LogP contribution in [0.1, 0.15) is 22.5 Å². The standard InChI is InChI=1S/C15H20N4O/c1-11-4-5-12(2)13(8-11)9-18-6-7-19-14(10-18)16-17(3)15(19)20/h4-5,8H,6-7,9-10H2,1-3H3. The van der Waals surface area contributed by atoms with Gasteiger partial charge in [-0.2, -0.15) is 5.10 Å². The number of hydrogen-bond donors (Lipinski definition) is 0. The molecule has 5 nitrogen and oxygen atoms in total. The maximum atomic E-state index is 11.8. The Balaban J connectivity index is 1.81. The molecule has 0 atom stereocenters. The number of aromatic nitrogens is 3. The number of aryl methyl sites for hydroxylation is 3. The van der Waals surface area contributed by atoms with Gasteiger partial charge in [0.05, 0.1) is 6.54 Å². The van der Waals surface area contributed by atoms with Gasteiger partial charge in [-0.25, -0.2) is 9.48 Å². The Bertz CT molecular complexity index is 698. The summed E-state index contributed by atoms with van der Waals surface area (Å²) >= 11 is 0. The van der Waals surface area contributed by atoms with E-state index in [-0.39, 0.29) is 5.69 Å². The Hall–Kier alpha value is -1.88. The van der Waals surface area contributed by atoms with Gasteiger partial charge in [-0.05, 0) is 25.0 Å². The SMILES string of the molecule is Cc1ccc(C)c(CN2CCn3c(nn(C)c3=O)C2)c1. The van der Waals surface area contributed by atoms with Crippen molar-refractivity contribution in [2.75, 3.05) is 6.54 Å². The minimum Gasteiger partial charge on any atom is -0.290 e. The quantitative estimate of drug-likeness (QED) is 0.825. The molecule has 0 N–H and O–H groups in total. The predicted octanol–water partition coefficient (Wildman–Crippen LogP) is 1.21. The fraction of sp³-hybridized carbons (Fsp3) is 0.467. The molecule has 0 fully saturated rings. The smallest absolute Gasteiger partial charge is 0.290 e. The molecule has 0 bridgehead atoms. The zero-order valence-corrected chi connectivity index (χ0v) is 12.3. The molecule has 5 heteroatoms. The van der Waals surface area contributed by atoms with Crippen LogP contribution in [0.2, 0.25) is 0 Å². The highest BCUT2D eigenvalue weighted by Gasteiger charge is 2.21. The van der Waals surface area contributed by atoms with Crippen LogP contribution in [-0.2, 0) is 26.7 Å². The molecule has 0 saturated heterocycles. The molecule has 0 spiro atoms. The van der Waals surface area contributed by atoms with Crippen molar-refractivity contribution in [1.29, 1.82) is 0 Å². The van der Waals surface area contributed by atoms with Gasteiger partial charge in [0.25, 0.3) is 0 Å². The molecule has 1 aromatic heterocycles. The van der Waals surface area contributed by atoms with E-state index in [0.717, 1.165) is 32.0 Å². The van der Waals surface area contributed by atoms with Crippen molar-refractivity contribution in [3.8, 4) is 0 Å². The molecule has 1 aliphatic rings. The molecular formula is C15H20N4O. The zero-order chi connectivity index (χ0) is 14.3. The van der Waals surface area contributed by atoms with E-state index in [1.54, 1.807) is 11.6 Å². The number of benzene rings is 1. The van der Waals surface area contributed by atoms with Crippen molar-refractivity contribution in [2.45, 2.75) is 33.5 Å². The third kappa shape index (κ3) is 2.29. The Morgan fingerprint density at radius 3 is 2.85 bits per heavy atom. The average Bonchev–Trinajstić information content (AvgIpc) is 2.69. The van der Waals surface area contributed by atoms with E-state index in [0.29, 0.717) is 0 Å². The highest BCUT2D eigenvalue weighted by atomic mass is 16.2. The lowest BCUT2D eigenvalue weighted by Crippen LogP contribution is -2.37. The van der Waals surface area contributed by atoms with Gasteiger partial charge >= 0.3 is 5.69 Å². The summed E-state index contributed by atoms with van der Waals surface area (Å²) in [6, 6.07) is 6.56. The second kappa shape index (κ2) is 4.90. The first kappa shape index (κ1) is 13.1. The zero-order valence-electron chi connectivity index (χ0n) is 12.3. The maximum Gasteiger partial charge on any atom is 0.345 e. The molecule has 20 heavy (non-hydrogen) atoms. The Labute approximate surface area is 118 Å². The average molecular weight is 272 g/mol. The summed E-state index contributed by atoms with van der Waals surface area (Å²) in [5.74, 6) is 0.869. The summed E-state index contributed by atoms with van der Waals surface area (Å²) in [6.07, 6.45) is 0. The molecule has 106 valence electrons. The molecule has 3 rings (SSSR count). The van der Waals surface area contributed by atoms with Crippen molar-refractivity contribution in [1.82, 2.24) is 19.2 Å². The fourth-order valence-corrected chi connectivity index (χ4v) is 2.76. The topological polar surface area (TPSA) is 43.1 Å². The summed E-state index contributed by atoms with van der Waals surface area (Å²) in [5.41, 5.74) is 3.96. The second-order valence-electron chi connectivity index (χ2n) is 5.61. The van der Waals surface area contributed by atoms with Crippen molar-refractivity contribution in [3.05, 3.63) is 51.2 Å². The summed E-state index contributed by atoms with van der Waals surface area (Å²) in [7, 11) is 1.71. The highest BCUT2D eigenvalue weighted by molar-refractivity contribution is 5.30. The number of fused-ring (bicyclic) bond motifs is 1. The van der Waals surface area contributed by atoms with Gasteiger partial charge in [-0.15, -0.1) is 0 Å². The molecule has 0 saturated carbocycles. The van der Waals surface area contributed by atoms with Crippen LogP contribution in [0.25, 0.3) is 0 Å². The van der Waals surface area contributed by atoms with Crippen LogP contribution in [-0.4, -0.2) is 25.8 Å². The van der Waals surface area contributed by atoms with Crippen LogP contribution >= 0.6 is 0 Å². The summed E-state index contributed by atoms with van der Waals surface area (Å²) in [4.78, 5) is 14.2. The fourth-order valence-electron chi connectivity index (χ4n) is 2.76. The van der Waals surface area contributed by atoms with Crippen molar-refractivity contribution in [2.24, 2.45) is 7.05 Å². The molecular weight excluding hydrogens is 252 g/mol. The minimum atomic E-state index is -0.00798. The first-order valence-corrected chi connectivity index (χ1v) is 6.96. The van der Waals surface area contributed by atoms with E-state index in [2.05, 4.69) is 42.0 Å². The minimum absolute atomic E-state index is 0.00798. The molecule has 0 amide bonds. The monoisotopic (exact) mass is 272 g/mol. The van der Waals surface area contributed by atoms with Gasteiger partial charge in [0, 0.05) is 26.7 Å². The summed E-state index contributed by atoms with van der Waals surface area (Å²) in [5, 5.41) is 4.31. The third-order valence-electron chi connectivity index (χ3n) is 3.99. The molecule has 2 heterocycles. The predicted molar refractivity (Wildman–Crippen MR) is 77.5 cm³/mol. The van der Waals surface area contributed by atoms with Gasteiger partial charge in [0.2, 0.25) is 0 Å². The van der Waals surface area contributed by atoms with Gasteiger partial charge in [0.15, 0.2) is 0 Å². The third-order valence-corrected chi connectivity index (χ3v) is 3.99. The Morgan fingerprint density at radius 1 is 1.25 bits per heavy atom. The van der Waals surface area contributed by atoms with Gasteiger partial charge in [0.1, 0.15) is 5.82 Å². The lowest BCUT2D eigenvalue weighted by molar-refractivity contribution is 0.207. The van der Waals surface area contributed by atoms with Gasteiger partial charge in [-0.1, -0.05) is 23.8 Å². The van der Waals surface area contributed by atoms with Crippen LogP contribution in [0.4, 0.5) is 0 Å². The van der Waals surface area contributed by atoms with Crippen LogP contribution in [0, 0.1) is 13.8 Å². The highest BCUT2D eigenvalue weighted by Crippen LogP contribution is 2.16. The number of rotatable bonds is 2. The van der Waals surface area contributed by atoms with Gasteiger partial charge in [-0.3, -0.25) is 9.47 Å². The van der Waals surface area contributed by atoms with Crippen molar-refractivity contribution >= 4 is 0 Å². The van der Waals surface area contributed by atoms with Crippen LogP contribution in [0.3, 0.4) is 0 Å². The molecule has 0 radical (unpaired) electrons. The van der Waals surface area contributed by atoms with E-state index < -0.39 is 0 Å². The summed E-state index contributed by atoms with van der Waals surface area (Å²) in [6.45, 7) is 7.55. The van der Waals surface area contributed by atoms with E-state index in [1.807, 2.05) is 0 Å². The van der Waals surface area contributed by atoms with E-state index in [9.17, 15) is 4.79 Å². The second-order valence-corrected chi connectivity index (χ2v) is 5.61. The first-order chi connectivity index (χ1) is 9.54. The number of hydrogen-bond acceptors (Lipinski definition) is 3. The molecule has 1 aliphatic heterocycles. The van der Waals surface area contributed by atoms with Gasteiger partial charge < -0.3 is 0 Å². The lowest BCUT2D eigenvalue weighted by atomic mass is 10.1. The van der Waals surface area contributed by atoms with Crippen LogP contribution in [0.15, 0.2) is 23.0 Å². The van der Waals surface area contributed by atoms with Crippen LogP contribution in [0.5, 0.6) is 0 Å². The van der Waals surface area contributed by atoms with Crippen molar-refractivity contribution in [3.63, 3.8) is 0 Å². The van der Waals surface area contributed by atoms with E-state index in [4.69, 9.17) is 0 Å². The van der Waals surface area contributed by atoms with E-state index >= 15 is 0 Å². The Morgan fingerprint density at radius 2 is 2.05 bits per heavy atom. The summed E-state index contributed by atoms with van der Waals surface area (Å²) < 4.78 is 3.20. The first-order valence-electron chi connectivity index (χ1n) is 6.96. The molecule has 0 aliphatic carbocycles.